The number of nitrogens with one attached hydrogen (secondary N) is 2. The molecule has 0 unspecified atom stereocenters. The van der Waals surface area contributed by atoms with Crippen LogP contribution in [0, 0.1) is 5.41 Å². The van der Waals surface area contributed by atoms with E-state index in [1.54, 1.807) is 7.11 Å². The molecule has 4 heteroatoms. The summed E-state index contributed by atoms with van der Waals surface area (Å²) in [6.45, 7) is 7.65. The first-order valence-electron chi connectivity index (χ1n) is 8.80. The topological polar surface area (TPSA) is 45.7 Å². The first-order valence-corrected chi connectivity index (χ1v) is 8.80. The molecule has 4 nitrogen and oxygen atoms in total. The van der Waals surface area contributed by atoms with Crippen LogP contribution < -0.4 is 10.6 Å². The van der Waals surface area contributed by atoms with Gasteiger partial charge in [-0.1, -0.05) is 37.6 Å². The van der Waals surface area contributed by atoms with Gasteiger partial charge >= 0.3 is 0 Å². The number of hydrogen-bond acceptors (Lipinski definition) is 2. The molecule has 0 heterocycles. The normalized spacial score (nSPS) is 16.7. The van der Waals surface area contributed by atoms with Crippen molar-refractivity contribution in [3.63, 3.8) is 0 Å². The Bertz CT molecular complexity index is 504. The largest absolute Gasteiger partial charge is 0.380 e. The molecule has 0 aliphatic heterocycles. The van der Waals surface area contributed by atoms with Gasteiger partial charge in [0.1, 0.15) is 0 Å². The number of ether oxygens (including phenoxy) is 1. The highest BCUT2D eigenvalue weighted by atomic mass is 16.5. The van der Waals surface area contributed by atoms with Gasteiger partial charge in [-0.3, -0.25) is 0 Å². The summed E-state index contributed by atoms with van der Waals surface area (Å²) in [6, 6.07) is 8.43. The Morgan fingerprint density at radius 2 is 2.00 bits per heavy atom. The van der Waals surface area contributed by atoms with Crippen molar-refractivity contribution < 1.29 is 4.74 Å². The molecule has 2 rings (SSSR count). The average molecular weight is 317 g/mol. The van der Waals surface area contributed by atoms with Crippen molar-refractivity contribution in [1.29, 1.82) is 0 Å². The highest BCUT2D eigenvalue weighted by molar-refractivity contribution is 5.79. The number of benzene rings is 1. The van der Waals surface area contributed by atoms with Gasteiger partial charge in [-0.15, -0.1) is 0 Å². The highest BCUT2D eigenvalue weighted by Crippen LogP contribution is 2.42. The second-order valence-electron chi connectivity index (χ2n) is 6.51. The zero-order valence-electron chi connectivity index (χ0n) is 14.8. The van der Waals surface area contributed by atoms with Gasteiger partial charge in [-0.25, -0.2) is 4.99 Å². The van der Waals surface area contributed by atoms with Crippen LogP contribution >= 0.6 is 0 Å². The summed E-state index contributed by atoms with van der Waals surface area (Å²) in [7, 11) is 1.72. The van der Waals surface area contributed by atoms with E-state index in [2.05, 4.69) is 48.7 Å². The van der Waals surface area contributed by atoms with Gasteiger partial charge in [0.2, 0.25) is 0 Å². The van der Waals surface area contributed by atoms with Crippen LogP contribution in [-0.4, -0.2) is 26.2 Å². The van der Waals surface area contributed by atoms with Gasteiger partial charge in [0.05, 0.1) is 13.2 Å². The molecule has 0 saturated heterocycles. The van der Waals surface area contributed by atoms with Gasteiger partial charge in [0.25, 0.3) is 0 Å². The lowest BCUT2D eigenvalue weighted by Gasteiger charge is -2.41. The van der Waals surface area contributed by atoms with E-state index in [0.29, 0.717) is 18.6 Å². The second kappa shape index (κ2) is 8.92. The summed E-state index contributed by atoms with van der Waals surface area (Å²) in [5.74, 6) is 0.921. The number of nitrogens with zero attached hydrogens (tertiary/aromatic N) is 1. The Labute approximate surface area is 140 Å². The summed E-state index contributed by atoms with van der Waals surface area (Å²) in [5, 5.41) is 6.89. The molecule has 128 valence electrons. The van der Waals surface area contributed by atoms with Gasteiger partial charge < -0.3 is 15.4 Å². The van der Waals surface area contributed by atoms with E-state index in [0.717, 1.165) is 19.0 Å². The molecule has 0 amide bonds. The van der Waals surface area contributed by atoms with Crippen molar-refractivity contribution in [3.8, 4) is 0 Å². The first kappa shape index (κ1) is 17.8. The summed E-state index contributed by atoms with van der Waals surface area (Å²) in [5.41, 5.74) is 2.90. The molecule has 0 atom stereocenters. The molecular formula is C19H31N3O. The predicted octanol–water partition coefficient (Wildman–Crippen LogP) is 3.47. The summed E-state index contributed by atoms with van der Waals surface area (Å²) in [6.07, 6.45) is 5.30. The van der Waals surface area contributed by atoms with Crippen LogP contribution in [-0.2, 0) is 17.9 Å². The van der Waals surface area contributed by atoms with E-state index in [-0.39, 0.29) is 0 Å². The fraction of sp³-hybridized carbons (Fsp3) is 0.632. The molecule has 0 radical (unpaired) electrons. The van der Waals surface area contributed by atoms with Crippen LogP contribution in [0.4, 0.5) is 0 Å². The molecule has 0 aromatic heterocycles. The highest BCUT2D eigenvalue weighted by Gasteiger charge is 2.34. The Balaban J connectivity index is 1.93. The zero-order valence-corrected chi connectivity index (χ0v) is 14.8. The van der Waals surface area contributed by atoms with Crippen molar-refractivity contribution in [3.05, 3.63) is 35.4 Å². The van der Waals surface area contributed by atoms with E-state index >= 15 is 0 Å². The van der Waals surface area contributed by atoms with Crippen molar-refractivity contribution in [2.45, 2.75) is 52.7 Å². The average Bonchev–Trinajstić information content (AvgIpc) is 2.52. The van der Waals surface area contributed by atoms with Crippen LogP contribution in [0.5, 0.6) is 0 Å². The van der Waals surface area contributed by atoms with Gasteiger partial charge in [-0.05, 0) is 42.7 Å². The molecule has 0 bridgehead atoms. The van der Waals surface area contributed by atoms with Crippen molar-refractivity contribution in [2.75, 3.05) is 20.2 Å². The SMILES string of the molecule is CCNC(=NCc1cccc(COC)c1)NCC1(CC)CCC1. The fourth-order valence-electron chi connectivity index (χ4n) is 3.10. The van der Waals surface area contributed by atoms with Crippen molar-refractivity contribution >= 4 is 5.96 Å². The van der Waals surface area contributed by atoms with Crippen LogP contribution in [0.25, 0.3) is 0 Å². The molecule has 1 saturated carbocycles. The van der Waals surface area contributed by atoms with Crippen LogP contribution in [0.3, 0.4) is 0 Å². The van der Waals surface area contributed by atoms with E-state index in [1.165, 1.54) is 36.8 Å². The van der Waals surface area contributed by atoms with Crippen LogP contribution in [0.1, 0.15) is 50.7 Å². The molecule has 2 N–H and O–H groups in total. The van der Waals surface area contributed by atoms with Crippen LogP contribution in [0.15, 0.2) is 29.3 Å². The Hall–Kier alpha value is -1.55. The number of guanidine groups is 1. The van der Waals surface area contributed by atoms with E-state index in [1.807, 2.05) is 0 Å². The number of rotatable bonds is 8. The number of methoxy groups -OCH3 is 1. The first-order chi connectivity index (χ1) is 11.2. The number of hydrogen-bond donors (Lipinski definition) is 2. The quantitative estimate of drug-likeness (QED) is 0.570. The lowest BCUT2D eigenvalue weighted by Crippen LogP contribution is -2.46. The third-order valence-electron chi connectivity index (χ3n) is 4.86. The van der Waals surface area contributed by atoms with Gasteiger partial charge in [0, 0.05) is 20.2 Å². The fourth-order valence-corrected chi connectivity index (χ4v) is 3.10. The maximum Gasteiger partial charge on any atom is 0.191 e. The lowest BCUT2D eigenvalue weighted by atomic mass is 9.67. The lowest BCUT2D eigenvalue weighted by molar-refractivity contribution is 0.131. The molecule has 1 fully saturated rings. The smallest absolute Gasteiger partial charge is 0.191 e. The number of aliphatic imine (C=N–C) groups is 1. The minimum Gasteiger partial charge on any atom is -0.380 e. The third-order valence-corrected chi connectivity index (χ3v) is 4.86. The Kier molecular flexibility index (Phi) is 6.90. The molecule has 0 spiro atoms. The molecule has 1 aliphatic carbocycles. The third kappa shape index (κ3) is 5.24. The summed E-state index contributed by atoms with van der Waals surface area (Å²) in [4.78, 5) is 4.73. The predicted molar refractivity (Wildman–Crippen MR) is 96.5 cm³/mol. The summed E-state index contributed by atoms with van der Waals surface area (Å²) >= 11 is 0. The van der Waals surface area contributed by atoms with E-state index in [9.17, 15) is 0 Å². The maximum atomic E-state index is 5.19. The molecule has 1 aromatic rings. The van der Waals surface area contributed by atoms with Crippen LogP contribution in [0.2, 0.25) is 0 Å². The monoisotopic (exact) mass is 317 g/mol. The molecule has 1 aliphatic rings. The Morgan fingerprint density at radius 1 is 1.22 bits per heavy atom. The van der Waals surface area contributed by atoms with Gasteiger partial charge in [0.15, 0.2) is 5.96 Å². The maximum absolute atomic E-state index is 5.19. The minimum atomic E-state index is 0.495. The van der Waals surface area contributed by atoms with E-state index < -0.39 is 0 Å². The second-order valence-corrected chi connectivity index (χ2v) is 6.51. The standard InChI is InChI=1S/C19H31N3O/c1-4-19(10-7-11-19)15-22-18(20-5-2)21-13-16-8-6-9-17(12-16)14-23-3/h6,8-9,12H,4-5,7,10-11,13-15H2,1-3H3,(H2,20,21,22). The Morgan fingerprint density at radius 3 is 2.61 bits per heavy atom. The molecular weight excluding hydrogens is 286 g/mol. The van der Waals surface area contributed by atoms with Crippen molar-refractivity contribution in [2.24, 2.45) is 10.4 Å². The van der Waals surface area contributed by atoms with E-state index in [4.69, 9.17) is 9.73 Å². The minimum absolute atomic E-state index is 0.495. The zero-order chi connectivity index (χ0) is 16.5. The van der Waals surface area contributed by atoms with Gasteiger partial charge in [-0.2, -0.15) is 0 Å². The molecule has 1 aromatic carbocycles. The molecule has 23 heavy (non-hydrogen) atoms. The summed E-state index contributed by atoms with van der Waals surface area (Å²) < 4.78 is 5.19. The van der Waals surface area contributed by atoms with Crippen molar-refractivity contribution in [1.82, 2.24) is 10.6 Å².